The molecule has 16 heavy (non-hydrogen) atoms. The number of pyridine rings is 1. The minimum absolute atomic E-state index is 0.251. The Morgan fingerprint density at radius 3 is 2.62 bits per heavy atom. The maximum atomic E-state index is 12.9. The molecule has 0 unspecified atom stereocenters. The van der Waals surface area contributed by atoms with Gasteiger partial charge in [0, 0.05) is 19.3 Å². The van der Waals surface area contributed by atoms with Crippen molar-refractivity contribution in [3.8, 4) is 0 Å². The summed E-state index contributed by atoms with van der Waals surface area (Å²) in [7, 11) is 0. The molecular weight excluding hydrogens is 203 g/mol. The van der Waals surface area contributed by atoms with E-state index in [9.17, 15) is 4.39 Å². The third-order valence-corrected chi connectivity index (χ3v) is 3.23. The second-order valence-electron chi connectivity index (χ2n) is 5.26. The minimum Gasteiger partial charge on any atom is -0.312 e. The minimum atomic E-state index is -0.276. The van der Waals surface area contributed by atoms with Crippen molar-refractivity contribution in [2.75, 3.05) is 6.54 Å². The van der Waals surface area contributed by atoms with Gasteiger partial charge in [-0.15, -0.1) is 0 Å². The predicted molar refractivity (Wildman–Crippen MR) is 64.5 cm³/mol. The Bertz CT molecular complexity index is 334. The van der Waals surface area contributed by atoms with Crippen LogP contribution in [0.25, 0.3) is 0 Å². The van der Waals surface area contributed by atoms with Crippen LogP contribution >= 0.6 is 0 Å². The van der Waals surface area contributed by atoms with Crippen LogP contribution in [-0.4, -0.2) is 11.5 Å². The van der Waals surface area contributed by atoms with Crippen molar-refractivity contribution in [2.24, 2.45) is 11.3 Å². The lowest BCUT2D eigenvalue weighted by atomic mass is 9.81. The van der Waals surface area contributed by atoms with Gasteiger partial charge in [0.05, 0.1) is 6.20 Å². The zero-order valence-corrected chi connectivity index (χ0v) is 10.5. The summed E-state index contributed by atoms with van der Waals surface area (Å²) in [4.78, 5) is 3.82. The lowest BCUT2D eigenvalue weighted by Crippen LogP contribution is -2.33. The third kappa shape index (κ3) is 3.89. The first-order valence-corrected chi connectivity index (χ1v) is 5.72. The number of nitrogens with one attached hydrogen (secondary N) is 1. The first kappa shape index (κ1) is 13.1. The number of aromatic nitrogens is 1. The van der Waals surface area contributed by atoms with Crippen molar-refractivity contribution < 1.29 is 4.39 Å². The highest BCUT2D eigenvalue weighted by Crippen LogP contribution is 2.24. The van der Waals surface area contributed by atoms with Crippen molar-refractivity contribution in [3.05, 3.63) is 29.8 Å². The van der Waals surface area contributed by atoms with Gasteiger partial charge in [-0.05, 0) is 23.0 Å². The molecule has 1 aromatic heterocycles. The summed E-state index contributed by atoms with van der Waals surface area (Å²) in [6, 6.07) is 1.52. The molecule has 3 heteroatoms. The predicted octanol–water partition coefficient (Wildman–Crippen LogP) is 2.99. The van der Waals surface area contributed by atoms with Crippen LogP contribution in [0.5, 0.6) is 0 Å². The van der Waals surface area contributed by atoms with Gasteiger partial charge in [-0.1, -0.05) is 27.7 Å². The quantitative estimate of drug-likeness (QED) is 0.831. The van der Waals surface area contributed by atoms with Crippen LogP contribution in [0.4, 0.5) is 4.39 Å². The molecule has 0 fully saturated rings. The Kier molecular flexibility index (Phi) is 4.42. The Morgan fingerprint density at radius 2 is 2.06 bits per heavy atom. The summed E-state index contributed by atoms with van der Waals surface area (Å²) in [5.41, 5.74) is 1.14. The highest BCUT2D eigenvalue weighted by Gasteiger charge is 2.21. The molecular formula is C13H21FN2. The highest BCUT2D eigenvalue weighted by atomic mass is 19.1. The summed E-state index contributed by atoms with van der Waals surface area (Å²) >= 11 is 0. The molecule has 1 N–H and O–H groups in total. The molecule has 90 valence electrons. The SMILES string of the molecule is CC(C)C(C)(C)CNCc1cncc(F)c1. The number of halogens is 1. The van der Waals surface area contributed by atoms with E-state index in [2.05, 4.69) is 38.0 Å². The topological polar surface area (TPSA) is 24.9 Å². The van der Waals surface area contributed by atoms with Gasteiger partial charge in [-0.2, -0.15) is 0 Å². The smallest absolute Gasteiger partial charge is 0.141 e. The van der Waals surface area contributed by atoms with E-state index in [-0.39, 0.29) is 11.2 Å². The number of hydrogen-bond acceptors (Lipinski definition) is 2. The first-order valence-electron chi connectivity index (χ1n) is 5.72. The molecule has 0 amide bonds. The lowest BCUT2D eigenvalue weighted by Gasteiger charge is -2.29. The Balaban J connectivity index is 2.42. The largest absolute Gasteiger partial charge is 0.312 e. The van der Waals surface area contributed by atoms with Crippen LogP contribution in [0.1, 0.15) is 33.3 Å². The van der Waals surface area contributed by atoms with E-state index in [0.717, 1.165) is 12.1 Å². The van der Waals surface area contributed by atoms with Gasteiger partial charge >= 0.3 is 0 Å². The van der Waals surface area contributed by atoms with E-state index in [1.54, 1.807) is 6.20 Å². The molecule has 0 bridgehead atoms. The van der Waals surface area contributed by atoms with Crippen molar-refractivity contribution in [2.45, 2.75) is 34.2 Å². The summed E-state index contributed by atoms with van der Waals surface area (Å²) in [5, 5.41) is 3.34. The van der Waals surface area contributed by atoms with Gasteiger partial charge in [0.15, 0.2) is 0 Å². The molecule has 0 aliphatic heterocycles. The van der Waals surface area contributed by atoms with Crippen molar-refractivity contribution in [1.29, 1.82) is 0 Å². The van der Waals surface area contributed by atoms with E-state index >= 15 is 0 Å². The molecule has 0 spiro atoms. The molecule has 1 rings (SSSR count). The number of rotatable bonds is 5. The zero-order chi connectivity index (χ0) is 12.2. The fourth-order valence-electron chi connectivity index (χ4n) is 1.29. The molecule has 0 radical (unpaired) electrons. The standard InChI is InChI=1S/C13H21FN2/c1-10(2)13(3,4)9-16-7-11-5-12(14)8-15-6-11/h5-6,8,10,16H,7,9H2,1-4H3. The van der Waals surface area contributed by atoms with E-state index in [1.807, 2.05) is 0 Å². The van der Waals surface area contributed by atoms with Crippen molar-refractivity contribution in [3.63, 3.8) is 0 Å². The van der Waals surface area contributed by atoms with Crippen LogP contribution in [0.15, 0.2) is 18.5 Å². The summed E-state index contributed by atoms with van der Waals surface area (Å²) in [5.74, 6) is 0.341. The monoisotopic (exact) mass is 224 g/mol. The second kappa shape index (κ2) is 5.39. The third-order valence-electron chi connectivity index (χ3n) is 3.23. The average Bonchev–Trinajstić information content (AvgIpc) is 2.17. The molecule has 0 saturated carbocycles. The molecule has 0 atom stereocenters. The Morgan fingerprint density at radius 1 is 1.38 bits per heavy atom. The fraction of sp³-hybridized carbons (Fsp3) is 0.615. The molecule has 1 heterocycles. The number of nitrogens with zero attached hydrogens (tertiary/aromatic N) is 1. The van der Waals surface area contributed by atoms with Gasteiger partial charge in [-0.3, -0.25) is 4.98 Å². The van der Waals surface area contributed by atoms with Crippen LogP contribution in [-0.2, 0) is 6.54 Å². The van der Waals surface area contributed by atoms with E-state index in [0.29, 0.717) is 12.5 Å². The molecule has 0 aliphatic carbocycles. The van der Waals surface area contributed by atoms with E-state index in [4.69, 9.17) is 0 Å². The normalized spacial score (nSPS) is 12.1. The molecule has 0 aliphatic rings. The Hall–Kier alpha value is -0.960. The van der Waals surface area contributed by atoms with E-state index < -0.39 is 0 Å². The second-order valence-corrected chi connectivity index (χ2v) is 5.26. The van der Waals surface area contributed by atoms with Crippen molar-refractivity contribution in [1.82, 2.24) is 10.3 Å². The highest BCUT2D eigenvalue weighted by molar-refractivity contribution is 5.09. The molecule has 1 aromatic rings. The maximum absolute atomic E-state index is 12.9. The average molecular weight is 224 g/mol. The van der Waals surface area contributed by atoms with Crippen molar-refractivity contribution >= 4 is 0 Å². The molecule has 0 saturated heterocycles. The first-order chi connectivity index (χ1) is 7.42. The number of hydrogen-bond donors (Lipinski definition) is 1. The summed E-state index contributed by atoms with van der Waals surface area (Å²) < 4.78 is 12.9. The van der Waals surface area contributed by atoms with Gasteiger partial charge < -0.3 is 5.32 Å². The fourth-order valence-corrected chi connectivity index (χ4v) is 1.29. The maximum Gasteiger partial charge on any atom is 0.141 e. The van der Waals surface area contributed by atoms with Gasteiger partial charge in [0.2, 0.25) is 0 Å². The Labute approximate surface area is 97.3 Å². The molecule has 2 nitrogen and oxygen atoms in total. The summed E-state index contributed by atoms with van der Waals surface area (Å²) in [6.45, 7) is 10.5. The van der Waals surface area contributed by atoms with Crippen LogP contribution in [0.3, 0.4) is 0 Å². The van der Waals surface area contributed by atoms with Gasteiger partial charge in [0.25, 0.3) is 0 Å². The van der Waals surface area contributed by atoms with E-state index in [1.165, 1.54) is 12.3 Å². The summed E-state index contributed by atoms with van der Waals surface area (Å²) in [6.07, 6.45) is 2.92. The molecule has 0 aromatic carbocycles. The lowest BCUT2D eigenvalue weighted by molar-refractivity contribution is 0.238. The van der Waals surface area contributed by atoms with Crippen LogP contribution in [0, 0.1) is 17.2 Å². The van der Waals surface area contributed by atoms with Gasteiger partial charge in [-0.25, -0.2) is 4.39 Å². The van der Waals surface area contributed by atoms with Gasteiger partial charge in [0.1, 0.15) is 5.82 Å². The zero-order valence-electron chi connectivity index (χ0n) is 10.5. The van der Waals surface area contributed by atoms with Crippen LogP contribution < -0.4 is 5.32 Å². The van der Waals surface area contributed by atoms with Crippen LogP contribution in [0.2, 0.25) is 0 Å².